The molecule has 0 saturated carbocycles. The molecule has 28 heavy (non-hydrogen) atoms. The van der Waals surface area contributed by atoms with Gasteiger partial charge in [-0.3, -0.25) is 0 Å². The highest BCUT2D eigenvalue weighted by Gasteiger charge is 2.36. The Balaban J connectivity index is 4.45. The molecule has 0 aromatic heterocycles. The Morgan fingerprint density at radius 2 is 1.75 bits per heavy atom. The zero-order chi connectivity index (χ0) is 22.0. The minimum Gasteiger partial charge on any atom is -0.463 e. The zero-order valence-corrected chi connectivity index (χ0v) is 20.5. The van der Waals surface area contributed by atoms with Crippen LogP contribution in [0.2, 0.25) is 18.1 Å². The number of hydrogen-bond donors (Lipinski definition) is 1. The van der Waals surface area contributed by atoms with Crippen molar-refractivity contribution in [3.05, 3.63) is 34.9 Å². The van der Waals surface area contributed by atoms with Crippen molar-refractivity contribution in [2.45, 2.75) is 92.0 Å². The van der Waals surface area contributed by atoms with E-state index in [1.54, 1.807) is 19.9 Å². The molecule has 0 amide bonds. The summed E-state index contributed by atoms with van der Waals surface area (Å²) in [5, 5.41) is 10.6. The third-order valence-corrected chi connectivity index (χ3v) is 9.94. The van der Waals surface area contributed by atoms with Crippen LogP contribution < -0.4 is 0 Å². The molecule has 0 aliphatic carbocycles. The molecule has 0 saturated heterocycles. The van der Waals surface area contributed by atoms with Crippen LogP contribution in [-0.4, -0.2) is 38.7 Å². The lowest BCUT2D eigenvalue weighted by Gasteiger charge is -2.36. The molecule has 0 spiro atoms. The number of hydrogen-bond acceptors (Lipinski definition) is 4. The van der Waals surface area contributed by atoms with E-state index in [1.165, 1.54) is 0 Å². The van der Waals surface area contributed by atoms with Gasteiger partial charge in [0.05, 0.1) is 12.7 Å². The van der Waals surface area contributed by atoms with E-state index in [2.05, 4.69) is 39.9 Å². The summed E-state index contributed by atoms with van der Waals surface area (Å²) in [6, 6.07) is 0. The van der Waals surface area contributed by atoms with Gasteiger partial charge in [0.25, 0.3) is 0 Å². The summed E-state index contributed by atoms with van der Waals surface area (Å²) in [5.41, 5.74) is 2.70. The molecule has 1 unspecified atom stereocenters. The number of esters is 1. The number of aliphatic hydroxyl groups excluding tert-OH is 1. The zero-order valence-electron chi connectivity index (χ0n) is 19.5. The van der Waals surface area contributed by atoms with Crippen molar-refractivity contribution in [1.29, 1.82) is 0 Å². The van der Waals surface area contributed by atoms with Gasteiger partial charge < -0.3 is 14.3 Å². The van der Waals surface area contributed by atoms with E-state index < -0.39 is 14.4 Å². The predicted octanol–water partition coefficient (Wildman–Crippen LogP) is 5.94. The van der Waals surface area contributed by atoms with Gasteiger partial charge in [-0.15, -0.1) is 0 Å². The van der Waals surface area contributed by atoms with E-state index in [0.717, 1.165) is 24.0 Å². The Hall–Kier alpha value is -1.17. The van der Waals surface area contributed by atoms with E-state index in [0.29, 0.717) is 25.2 Å². The van der Waals surface area contributed by atoms with Gasteiger partial charge in [0.1, 0.15) is 0 Å². The maximum atomic E-state index is 11.6. The van der Waals surface area contributed by atoms with Crippen molar-refractivity contribution in [3.8, 4) is 0 Å². The van der Waals surface area contributed by atoms with Crippen LogP contribution in [0.15, 0.2) is 34.9 Å². The summed E-state index contributed by atoms with van der Waals surface area (Å²) < 4.78 is 11.1. The number of aliphatic hydroxyl groups is 1. The van der Waals surface area contributed by atoms with Crippen LogP contribution in [0.5, 0.6) is 0 Å². The summed E-state index contributed by atoms with van der Waals surface area (Å²) in [6.45, 7) is 19.8. The quantitative estimate of drug-likeness (QED) is 0.114. The van der Waals surface area contributed by atoms with Crippen molar-refractivity contribution in [2.24, 2.45) is 0 Å². The molecule has 0 aliphatic heterocycles. The molecule has 0 rings (SSSR count). The fraction of sp³-hybridized carbons (Fsp3) is 0.696. The highest BCUT2D eigenvalue weighted by molar-refractivity contribution is 6.74. The topological polar surface area (TPSA) is 55.8 Å². The molecular formula is C23H42O4Si. The number of rotatable bonds is 11. The monoisotopic (exact) mass is 410 g/mol. The fourth-order valence-corrected chi connectivity index (χ4v) is 3.27. The highest BCUT2D eigenvalue weighted by Crippen LogP contribution is 2.36. The smallest absolute Gasteiger partial charge is 0.333 e. The van der Waals surface area contributed by atoms with Crippen molar-refractivity contribution < 1.29 is 19.1 Å². The van der Waals surface area contributed by atoms with Crippen LogP contribution in [0.3, 0.4) is 0 Å². The third-order valence-electron chi connectivity index (χ3n) is 5.41. The number of allylic oxidation sites excluding steroid dienone is 3. The lowest BCUT2D eigenvalue weighted by molar-refractivity contribution is -0.138. The molecule has 162 valence electrons. The molecule has 0 aliphatic rings. The summed E-state index contributed by atoms with van der Waals surface area (Å²) in [6.07, 6.45) is 7.60. The van der Waals surface area contributed by atoms with E-state index in [-0.39, 0.29) is 11.0 Å². The van der Waals surface area contributed by atoms with Crippen molar-refractivity contribution in [1.82, 2.24) is 0 Å². The molecular weight excluding hydrogens is 368 g/mol. The second-order valence-corrected chi connectivity index (χ2v) is 13.8. The van der Waals surface area contributed by atoms with Gasteiger partial charge in [-0.1, -0.05) is 44.6 Å². The maximum absolute atomic E-state index is 11.6. The van der Waals surface area contributed by atoms with E-state index >= 15 is 0 Å². The normalized spacial score (nSPS) is 15.6. The molecule has 0 aromatic carbocycles. The van der Waals surface area contributed by atoms with Gasteiger partial charge in [0.15, 0.2) is 8.32 Å². The molecule has 0 aromatic rings. The standard InChI is InChI=1S/C23H42O4Si/c1-10-26-22(25)20(4)15-13-18(2)14-16-21(24)19(3)12-11-17-27-28(8,9)23(5,6)7/h12-13,15,21,24H,10-11,14,16-17H2,1-9H3/b18-13+,19-12-,20-15+. The van der Waals surface area contributed by atoms with Gasteiger partial charge in [-0.25, -0.2) is 4.79 Å². The maximum Gasteiger partial charge on any atom is 0.333 e. The molecule has 4 nitrogen and oxygen atoms in total. The van der Waals surface area contributed by atoms with Crippen LogP contribution in [0.1, 0.15) is 67.7 Å². The lowest BCUT2D eigenvalue weighted by Crippen LogP contribution is -2.40. The van der Waals surface area contributed by atoms with E-state index in [9.17, 15) is 9.90 Å². The van der Waals surface area contributed by atoms with Crippen LogP contribution in [0, 0.1) is 0 Å². The van der Waals surface area contributed by atoms with Gasteiger partial charge >= 0.3 is 5.97 Å². The lowest BCUT2D eigenvalue weighted by atomic mass is 10.0. The summed E-state index contributed by atoms with van der Waals surface area (Å²) >= 11 is 0. The molecule has 5 heteroatoms. The summed E-state index contributed by atoms with van der Waals surface area (Å²) in [7, 11) is -1.70. The van der Waals surface area contributed by atoms with Gasteiger partial charge in [0, 0.05) is 12.2 Å². The minimum absolute atomic E-state index is 0.217. The van der Waals surface area contributed by atoms with Crippen molar-refractivity contribution in [3.63, 3.8) is 0 Å². The molecule has 1 N–H and O–H groups in total. The number of carbonyl (C=O) groups excluding carboxylic acids is 1. The minimum atomic E-state index is -1.70. The number of carbonyl (C=O) groups is 1. The second-order valence-electron chi connectivity index (χ2n) is 8.98. The Bertz CT molecular complexity index is 580. The first-order valence-corrected chi connectivity index (χ1v) is 13.2. The second kappa shape index (κ2) is 12.4. The third kappa shape index (κ3) is 10.4. The SMILES string of the molecule is CCOC(=O)/C(C)=C/C=C(\C)CCC(O)/C(C)=C\CCO[Si](C)(C)C(C)(C)C. The Kier molecular flexibility index (Phi) is 11.9. The first-order chi connectivity index (χ1) is 12.8. The predicted molar refractivity (Wildman–Crippen MR) is 121 cm³/mol. The van der Waals surface area contributed by atoms with E-state index in [4.69, 9.17) is 9.16 Å². The van der Waals surface area contributed by atoms with Crippen LogP contribution in [-0.2, 0) is 14.0 Å². The average molecular weight is 411 g/mol. The number of ether oxygens (including phenoxy) is 1. The molecule has 1 atom stereocenters. The molecule has 0 fully saturated rings. The van der Waals surface area contributed by atoms with Crippen molar-refractivity contribution >= 4 is 14.3 Å². The molecule has 0 bridgehead atoms. The largest absolute Gasteiger partial charge is 0.463 e. The summed E-state index contributed by atoms with van der Waals surface area (Å²) in [5.74, 6) is -0.287. The Labute approximate surface area is 173 Å². The molecule has 0 radical (unpaired) electrons. The fourth-order valence-electron chi connectivity index (χ4n) is 2.21. The Morgan fingerprint density at radius 1 is 1.14 bits per heavy atom. The van der Waals surface area contributed by atoms with Crippen molar-refractivity contribution in [2.75, 3.05) is 13.2 Å². The average Bonchev–Trinajstić information content (AvgIpc) is 2.60. The highest BCUT2D eigenvalue weighted by atomic mass is 28.4. The van der Waals surface area contributed by atoms with Gasteiger partial charge in [0.2, 0.25) is 0 Å². The van der Waals surface area contributed by atoms with Gasteiger partial charge in [-0.2, -0.15) is 0 Å². The van der Waals surface area contributed by atoms with Crippen LogP contribution in [0.25, 0.3) is 0 Å². The first kappa shape index (κ1) is 26.8. The van der Waals surface area contributed by atoms with Crippen LogP contribution in [0.4, 0.5) is 0 Å². The Morgan fingerprint density at radius 3 is 2.29 bits per heavy atom. The van der Waals surface area contributed by atoms with Crippen LogP contribution >= 0.6 is 0 Å². The molecule has 0 heterocycles. The van der Waals surface area contributed by atoms with E-state index in [1.807, 2.05) is 19.9 Å². The van der Waals surface area contributed by atoms with Gasteiger partial charge in [-0.05, 0) is 70.7 Å². The first-order valence-electron chi connectivity index (χ1n) is 10.3. The summed E-state index contributed by atoms with van der Waals surface area (Å²) in [4.78, 5) is 11.6.